The van der Waals surface area contributed by atoms with Gasteiger partial charge in [0.05, 0.1) is 5.41 Å². The Morgan fingerprint density at radius 2 is 1.90 bits per heavy atom. The Labute approximate surface area is 128 Å². The Kier molecular flexibility index (Phi) is 6.99. The highest BCUT2D eigenvalue weighted by atomic mass is 16.4. The molecule has 0 radical (unpaired) electrons. The Morgan fingerprint density at radius 1 is 1.29 bits per heavy atom. The zero-order valence-corrected chi connectivity index (χ0v) is 13.7. The number of rotatable bonds is 8. The molecule has 5 heteroatoms. The fraction of sp³-hybridized carbons (Fsp3) is 0.875. The largest absolute Gasteiger partial charge is 0.481 e. The van der Waals surface area contributed by atoms with Crippen LogP contribution in [0.3, 0.4) is 0 Å². The summed E-state index contributed by atoms with van der Waals surface area (Å²) in [6.45, 7) is 7.19. The number of aliphatic carboxylic acids is 1. The predicted molar refractivity (Wildman–Crippen MR) is 83.3 cm³/mol. The lowest BCUT2D eigenvalue weighted by Crippen LogP contribution is -2.49. The van der Waals surface area contributed by atoms with E-state index in [1.807, 2.05) is 11.8 Å². The van der Waals surface area contributed by atoms with Gasteiger partial charge in [0, 0.05) is 19.1 Å². The summed E-state index contributed by atoms with van der Waals surface area (Å²) in [7, 11) is 0. The lowest BCUT2D eigenvalue weighted by Gasteiger charge is -2.31. The molecule has 122 valence electrons. The second kappa shape index (κ2) is 8.25. The van der Waals surface area contributed by atoms with E-state index in [9.17, 15) is 14.7 Å². The topological polar surface area (TPSA) is 69.6 Å². The number of hydrogen-bond donors (Lipinski definition) is 2. The molecular weight excluding hydrogens is 268 g/mol. The predicted octanol–water partition coefficient (Wildman–Crippen LogP) is 3.24. The molecule has 0 aromatic rings. The first-order valence-electron chi connectivity index (χ1n) is 8.24. The Morgan fingerprint density at radius 3 is 2.38 bits per heavy atom. The lowest BCUT2D eigenvalue weighted by molar-refractivity contribution is -0.148. The molecule has 0 aromatic carbocycles. The summed E-state index contributed by atoms with van der Waals surface area (Å²) in [4.78, 5) is 25.7. The summed E-state index contributed by atoms with van der Waals surface area (Å²) >= 11 is 0. The summed E-state index contributed by atoms with van der Waals surface area (Å²) in [5, 5.41) is 12.3. The molecule has 1 saturated carbocycles. The van der Waals surface area contributed by atoms with Crippen molar-refractivity contribution in [3.05, 3.63) is 0 Å². The van der Waals surface area contributed by atoms with Crippen molar-refractivity contribution in [3.8, 4) is 0 Å². The van der Waals surface area contributed by atoms with Crippen molar-refractivity contribution < 1.29 is 14.7 Å². The van der Waals surface area contributed by atoms with Crippen LogP contribution in [0.5, 0.6) is 0 Å². The minimum absolute atomic E-state index is 0.120. The monoisotopic (exact) mass is 298 g/mol. The van der Waals surface area contributed by atoms with Gasteiger partial charge in [-0.3, -0.25) is 4.79 Å². The first kappa shape index (κ1) is 17.8. The van der Waals surface area contributed by atoms with E-state index in [0.717, 1.165) is 38.6 Å². The van der Waals surface area contributed by atoms with Gasteiger partial charge in [-0.05, 0) is 32.6 Å². The van der Waals surface area contributed by atoms with E-state index in [2.05, 4.69) is 19.2 Å². The van der Waals surface area contributed by atoms with Crippen LogP contribution < -0.4 is 5.32 Å². The maximum Gasteiger partial charge on any atom is 0.317 e. The van der Waals surface area contributed by atoms with Gasteiger partial charge in [-0.15, -0.1) is 0 Å². The maximum atomic E-state index is 12.4. The lowest BCUT2D eigenvalue weighted by atomic mass is 9.86. The molecule has 1 rings (SSSR count). The zero-order valence-electron chi connectivity index (χ0n) is 13.7. The fourth-order valence-corrected chi connectivity index (χ4v) is 2.94. The van der Waals surface area contributed by atoms with Crippen molar-refractivity contribution in [1.82, 2.24) is 10.2 Å². The third kappa shape index (κ3) is 4.61. The van der Waals surface area contributed by atoms with E-state index < -0.39 is 11.4 Å². The van der Waals surface area contributed by atoms with Gasteiger partial charge in [0.2, 0.25) is 0 Å². The van der Waals surface area contributed by atoms with E-state index in [1.165, 1.54) is 0 Å². The van der Waals surface area contributed by atoms with Crippen molar-refractivity contribution in [2.24, 2.45) is 5.41 Å². The molecule has 0 aromatic heterocycles. The van der Waals surface area contributed by atoms with Gasteiger partial charge < -0.3 is 15.3 Å². The molecule has 1 atom stereocenters. The van der Waals surface area contributed by atoms with Gasteiger partial charge in [0.15, 0.2) is 0 Å². The molecule has 1 fully saturated rings. The van der Waals surface area contributed by atoms with Crippen LogP contribution in [0.25, 0.3) is 0 Å². The maximum absolute atomic E-state index is 12.4. The van der Waals surface area contributed by atoms with Crippen LogP contribution in [0.1, 0.15) is 65.7 Å². The normalized spacial score (nSPS) is 18.2. The molecule has 0 bridgehead atoms. The number of carbonyl (C=O) groups excluding carboxylic acids is 1. The van der Waals surface area contributed by atoms with Crippen LogP contribution in [0.2, 0.25) is 0 Å². The van der Waals surface area contributed by atoms with Gasteiger partial charge in [-0.25, -0.2) is 4.79 Å². The SMILES string of the molecule is CCCCN(C(=O)NCC1(C(=O)O)CCCC1)C(C)CC. The molecule has 0 saturated heterocycles. The fourth-order valence-electron chi connectivity index (χ4n) is 2.94. The van der Waals surface area contributed by atoms with Gasteiger partial charge >= 0.3 is 12.0 Å². The third-order valence-electron chi connectivity index (χ3n) is 4.73. The quantitative estimate of drug-likeness (QED) is 0.722. The molecule has 0 heterocycles. The van der Waals surface area contributed by atoms with Crippen molar-refractivity contribution in [3.63, 3.8) is 0 Å². The number of carbonyl (C=O) groups is 2. The van der Waals surface area contributed by atoms with Crippen molar-refractivity contribution in [2.75, 3.05) is 13.1 Å². The molecule has 1 aliphatic carbocycles. The summed E-state index contributed by atoms with van der Waals surface area (Å²) in [5.74, 6) is -0.774. The van der Waals surface area contributed by atoms with Crippen LogP contribution in [-0.2, 0) is 4.79 Å². The average molecular weight is 298 g/mol. The second-order valence-corrected chi connectivity index (χ2v) is 6.26. The molecule has 0 spiro atoms. The van der Waals surface area contributed by atoms with E-state index in [1.54, 1.807) is 0 Å². The van der Waals surface area contributed by atoms with Gasteiger partial charge in [0.1, 0.15) is 0 Å². The number of nitrogens with zero attached hydrogens (tertiary/aromatic N) is 1. The first-order valence-corrected chi connectivity index (χ1v) is 8.24. The summed E-state index contributed by atoms with van der Waals surface area (Å²) in [5.41, 5.74) is -0.748. The van der Waals surface area contributed by atoms with Gasteiger partial charge in [0.25, 0.3) is 0 Å². The molecule has 2 amide bonds. The third-order valence-corrected chi connectivity index (χ3v) is 4.73. The minimum atomic E-state index is -0.774. The molecule has 2 N–H and O–H groups in total. The molecular formula is C16H30N2O3. The van der Waals surface area contributed by atoms with Gasteiger partial charge in [-0.2, -0.15) is 0 Å². The summed E-state index contributed by atoms with van der Waals surface area (Å²) in [6, 6.07) is 0.0613. The average Bonchev–Trinajstić information content (AvgIpc) is 2.95. The molecule has 0 aliphatic heterocycles. The van der Waals surface area contributed by atoms with E-state index in [-0.39, 0.29) is 18.6 Å². The van der Waals surface area contributed by atoms with Crippen LogP contribution in [0, 0.1) is 5.41 Å². The van der Waals surface area contributed by atoms with E-state index in [0.29, 0.717) is 12.8 Å². The molecule has 1 unspecified atom stereocenters. The van der Waals surface area contributed by atoms with Crippen molar-refractivity contribution in [1.29, 1.82) is 0 Å². The number of carboxylic acid groups (broad SMARTS) is 1. The first-order chi connectivity index (χ1) is 9.96. The zero-order chi connectivity index (χ0) is 15.9. The van der Waals surface area contributed by atoms with E-state index >= 15 is 0 Å². The van der Waals surface area contributed by atoms with Crippen LogP contribution in [0.4, 0.5) is 4.79 Å². The van der Waals surface area contributed by atoms with Crippen molar-refractivity contribution >= 4 is 12.0 Å². The Bertz CT molecular complexity index is 351. The highest BCUT2D eigenvalue weighted by Gasteiger charge is 2.41. The van der Waals surface area contributed by atoms with Crippen LogP contribution >= 0.6 is 0 Å². The van der Waals surface area contributed by atoms with E-state index in [4.69, 9.17) is 0 Å². The smallest absolute Gasteiger partial charge is 0.317 e. The number of amides is 2. The number of unbranched alkanes of at least 4 members (excludes halogenated alkanes) is 1. The number of urea groups is 1. The molecule has 5 nitrogen and oxygen atoms in total. The number of hydrogen-bond acceptors (Lipinski definition) is 2. The minimum Gasteiger partial charge on any atom is -0.481 e. The standard InChI is InChI=1S/C16H30N2O3/c1-4-6-11-18(13(3)5-2)15(21)17-12-16(14(19)20)9-7-8-10-16/h13H,4-12H2,1-3H3,(H,17,21)(H,19,20). The summed E-state index contributed by atoms with van der Waals surface area (Å²) < 4.78 is 0. The Hall–Kier alpha value is -1.26. The van der Waals surface area contributed by atoms with Crippen molar-refractivity contribution in [2.45, 2.75) is 71.8 Å². The summed E-state index contributed by atoms with van der Waals surface area (Å²) in [6.07, 6.45) is 6.13. The highest BCUT2D eigenvalue weighted by Crippen LogP contribution is 2.37. The number of carboxylic acids is 1. The highest BCUT2D eigenvalue weighted by molar-refractivity contribution is 5.78. The van der Waals surface area contributed by atoms with Gasteiger partial charge in [-0.1, -0.05) is 33.1 Å². The van der Waals surface area contributed by atoms with Crippen LogP contribution in [-0.4, -0.2) is 41.1 Å². The molecule has 21 heavy (non-hydrogen) atoms. The Balaban J connectivity index is 2.61. The van der Waals surface area contributed by atoms with Crippen LogP contribution in [0.15, 0.2) is 0 Å². The number of nitrogens with one attached hydrogen (secondary N) is 1. The second-order valence-electron chi connectivity index (χ2n) is 6.26. The molecule has 1 aliphatic rings.